The Morgan fingerprint density at radius 1 is 1.21 bits per heavy atom. The number of carbonyl (C=O) groups excluding carboxylic acids is 1. The summed E-state index contributed by atoms with van der Waals surface area (Å²) in [4.78, 5) is 18.4. The number of aliphatic hydroxyl groups excluding tert-OH is 1. The molecule has 0 atom stereocenters. The number of hydrogen-bond acceptors (Lipinski definition) is 4. The molecule has 0 saturated heterocycles. The van der Waals surface area contributed by atoms with Crippen molar-refractivity contribution in [2.45, 2.75) is 6.18 Å². The molecular weight excluding hydrogens is 261 g/mol. The molecule has 0 bridgehead atoms. The minimum absolute atomic E-state index is 0.106. The van der Waals surface area contributed by atoms with Gasteiger partial charge < -0.3 is 5.11 Å². The molecule has 0 spiro atoms. The van der Waals surface area contributed by atoms with E-state index in [4.69, 9.17) is 0 Å². The van der Waals surface area contributed by atoms with Gasteiger partial charge in [-0.05, 0) is 6.07 Å². The van der Waals surface area contributed by atoms with Crippen LogP contribution >= 0.6 is 0 Å². The molecule has 4 nitrogen and oxygen atoms in total. The normalized spacial score (nSPS) is 12.7. The van der Waals surface area contributed by atoms with Gasteiger partial charge in [-0.1, -0.05) is 18.2 Å². The molecule has 1 N–H and O–H groups in total. The van der Waals surface area contributed by atoms with E-state index in [1.165, 1.54) is 6.07 Å². The highest BCUT2D eigenvalue weighted by atomic mass is 19.4. The molecule has 0 radical (unpaired) electrons. The summed E-state index contributed by atoms with van der Waals surface area (Å²) in [5, 5.41) is 9.96. The Balaban J connectivity index is 2.51. The number of rotatable bonds is 2. The van der Waals surface area contributed by atoms with Gasteiger partial charge in [-0.15, -0.1) is 0 Å². The molecule has 0 fully saturated rings. The van der Waals surface area contributed by atoms with Crippen molar-refractivity contribution in [2.24, 2.45) is 0 Å². The van der Waals surface area contributed by atoms with Gasteiger partial charge in [0.1, 0.15) is 17.8 Å². The van der Waals surface area contributed by atoms with Gasteiger partial charge in [-0.2, -0.15) is 13.2 Å². The first kappa shape index (κ1) is 13.0. The van der Waals surface area contributed by atoms with Crippen molar-refractivity contribution in [3.63, 3.8) is 0 Å². The number of aliphatic hydroxyl groups is 1. The van der Waals surface area contributed by atoms with Crippen LogP contribution in [0.15, 0.2) is 36.7 Å². The van der Waals surface area contributed by atoms with Crippen LogP contribution in [0.1, 0.15) is 5.69 Å². The van der Waals surface area contributed by atoms with Gasteiger partial charge >= 0.3 is 6.18 Å². The van der Waals surface area contributed by atoms with Crippen LogP contribution in [0.4, 0.5) is 13.2 Å². The summed E-state index contributed by atoms with van der Waals surface area (Å²) < 4.78 is 36.3. The maximum atomic E-state index is 12.1. The number of allylic oxidation sites excluding steroid dienone is 1. The molecule has 0 aliphatic rings. The van der Waals surface area contributed by atoms with E-state index in [9.17, 15) is 23.1 Å². The smallest absolute Gasteiger partial charge is 0.454 e. The van der Waals surface area contributed by atoms with E-state index in [2.05, 4.69) is 9.97 Å². The molecule has 1 aromatic heterocycles. The average Bonchev–Trinajstić information content (AvgIpc) is 2.36. The minimum atomic E-state index is -5.03. The Kier molecular flexibility index (Phi) is 3.20. The zero-order valence-corrected chi connectivity index (χ0v) is 9.35. The van der Waals surface area contributed by atoms with E-state index in [1.807, 2.05) is 0 Å². The summed E-state index contributed by atoms with van der Waals surface area (Å²) in [6.07, 6.45) is -3.83. The third-order valence-corrected chi connectivity index (χ3v) is 2.33. The molecule has 0 aliphatic heterocycles. The molecule has 0 amide bonds. The Morgan fingerprint density at radius 2 is 1.89 bits per heavy atom. The third-order valence-electron chi connectivity index (χ3n) is 2.33. The molecule has 2 rings (SSSR count). The standard InChI is InChI=1S/C12H7F3N2O2/c13-12(14,15)10(19)5-9(18)11-7-3-1-2-4-8(7)16-6-17-11/h1-6,18H. The van der Waals surface area contributed by atoms with Gasteiger partial charge in [-0.25, -0.2) is 9.97 Å². The SMILES string of the molecule is O=C(C=C(O)c1ncnc2ccccc12)C(F)(F)F. The molecule has 1 heterocycles. The van der Waals surface area contributed by atoms with Crippen molar-refractivity contribution in [1.29, 1.82) is 0 Å². The fourth-order valence-corrected chi connectivity index (χ4v) is 1.48. The summed E-state index contributed by atoms with van der Waals surface area (Å²) >= 11 is 0. The molecule has 98 valence electrons. The highest BCUT2D eigenvalue weighted by Crippen LogP contribution is 2.22. The number of alkyl halides is 3. The van der Waals surface area contributed by atoms with Gasteiger partial charge in [0, 0.05) is 11.5 Å². The number of carbonyl (C=O) groups is 1. The lowest BCUT2D eigenvalue weighted by Gasteiger charge is -2.05. The van der Waals surface area contributed by atoms with Crippen molar-refractivity contribution >= 4 is 22.4 Å². The van der Waals surface area contributed by atoms with Gasteiger partial charge in [0.2, 0.25) is 0 Å². The van der Waals surface area contributed by atoms with Crippen LogP contribution in [0.5, 0.6) is 0 Å². The molecule has 19 heavy (non-hydrogen) atoms. The number of fused-ring (bicyclic) bond motifs is 1. The predicted octanol–water partition coefficient (Wildman–Crippen LogP) is 2.66. The predicted molar refractivity (Wildman–Crippen MR) is 61.2 cm³/mol. The fraction of sp³-hybridized carbons (Fsp3) is 0.0833. The summed E-state index contributed by atoms with van der Waals surface area (Å²) in [7, 11) is 0. The zero-order valence-electron chi connectivity index (χ0n) is 9.35. The highest BCUT2D eigenvalue weighted by Gasteiger charge is 2.37. The van der Waals surface area contributed by atoms with Crippen LogP contribution in [-0.2, 0) is 4.79 Å². The van der Waals surface area contributed by atoms with Crippen molar-refractivity contribution in [1.82, 2.24) is 9.97 Å². The van der Waals surface area contributed by atoms with E-state index < -0.39 is 17.7 Å². The van der Waals surface area contributed by atoms with Gasteiger partial charge in [0.15, 0.2) is 0 Å². The maximum absolute atomic E-state index is 12.1. The van der Waals surface area contributed by atoms with Crippen LogP contribution in [0.25, 0.3) is 16.7 Å². The zero-order chi connectivity index (χ0) is 14.0. The summed E-state index contributed by atoms with van der Waals surface area (Å²) in [5.41, 5.74) is 0.329. The highest BCUT2D eigenvalue weighted by molar-refractivity contribution is 6.01. The maximum Gasteiger partial charge on any atom is 0.454 e. The quantitative estimate of drug-likeness (QED) is 0.671. The van der Waals surface area contributed by atoms with Gasteiger partial charge in [-0.3, -0.25) is 4.79 Å². The monoisotopic (exact) mass is 268 g/mol. The van der Waals surface area contributed by atoms with Gasteiger partial charge in [0.25, 0.3) is 5.78 Å². The number of benzene rings is 1. The number of para-hydroxylation sites is 1. The summed E-state index contributed by atoms with van der Waals surface area (Å²) in [5.74, 6) is -2.99. The van der Waals surface area contributed by atoms with E-state index in [0.29, 0.717) is 10.9 Å². The van der Waals surface area contributed by atoms with Crippen LogP contribution in [-0.4, -0.2) is 27.0 Å². The Labute approximate surface area is 105 Å². The van der Waals surface area contributed by atoms with Crippen molar-refractivity contribution < 1.29 is 23.1 Å². The Hall–Kier alpha value is -2.44. The largest absolute Gasteiger partial charge is 0.506 e. The second-order valence-corrected chi connectivity index (χ2v) is 3.63. The molecule has 0 unspecified atom stereocenters. The van der Waals surface area contributed by atoms with Gasteiger partial charge in [0.05, 0.1) is 5.52 Å². The van der Waals surface area contributed by atoms with Crippen molar-refractivity contribution in [3.8, 4) is 0 Å². The van der Waals surface area contributed by atoms with E-state index in [-0.39, 0.29) is 11.8 Å². The summed E-state index contributed by atoms with van der Waals surface area (Å²) in [6.45, 7) is 0. The van der Waals surface area contributed by atoms with Crippen molar-refractivity contribution in [3.05, 3.63) is 42.4 Å². The van der Waals surface area contributed by atoms with Crippen LogP contribution in [0.2, 0.25) is 0 Å². The lowest BCUT2D eigenvalue weighted by molar-refractivity contribution is -0.165. The third kappa shape index (κ3) is 2.70. The van der Waals surface area contributed by atoms with Crippen LogP contribution in [0, 0.1) is 0 Å². The van der Waals surface area contributed by atoms with Crippen molar-refractivity contribution in [2.75, 3.05) is 0 Å². The molecule has 0 saturated carbocycles. The first-order chi connectivity index (χ1) is 8.89. The second-order valence-electron chi connectivity index (χ2n) is 3.63. The number of ketones is 1. The molecule has 0 aliphatic carbocycles. The second kappa shape index (κ2) is 4.68. The van der Waals surface area contributed by atoms with E-state index >= 15 is 0 Å². The number of aromatic nitrogens is 2. The Bertz CT molecular complexity index is 660. The topological polar surface area (TPSA) is 63.1 Å². The van der Waals surface area contributed by atoms with E-state index in [0.717, 1.165) is 6.33 Å². The van der Waals surface area contributed by atoms with E-state index in [1.54, 1.807) is 18.2 Å². The lowest BCUT2D eigenvalue weighted by Crippen LogP contribution is -2.20. The first-order valence-electron chi connectivity index (χ1n) is 5.11. The Morgan fingerprint density at radius 3 is 2.58 bits per heavy atom. The van der Waals surface area contributed by atoms with Crippen LogP contribution in [0.3, 0.4) is 0 Å². The lowest BCUT2D eigenvalue weighted by atomic mass is 10.1. The number of halogens is 3. The average molecular weight is 268 g/mol. The molecule has 1 aromatic carbocycles. The molecular formula is C12H7F3N2O2. The fourth-order valence-electron chi connectivity index (χ4n) is 1.48. The number of nitrogens with zero attached hydrogens (tertiary/aromatic N) is 2. The minimum Gasteiger partial charge on any atom is -0.506 e. The molecule has 2 aromatic rings. The number of hydrogen-bond donors (Lipinski definition) is 1. The summed E-state index contributed by atoms with van der Waals surface area (Å²) in [6, 6.07) is 6.45. The molecule has 7 heteroatoms. The first-order valence-corrected chi connectivity index (χ1v) is 5.11. The van der Waals surface area contributed by atoms with Crippen LogP contribution < -0.4 is 0 Å².